The second kappa shape index (κ2) is 8.76. The lowest BCUT2D eigenvalue weighted by Gasteiger charge is -2.11. The molecule has 0 aliphatic heterocycles. The molecule has 0 atom stereocenters. The molecular weight excluding hydrogens is 321 g/mol. The van der Waals surface area contributed by atoms with E-state index in [1.807, 2.05) is 12.1 Å². The van der Waals surface area contributed by atoms with E-state index >= 15 is 0 Å². The molecule has 0 amide bonds. The molecule has 1 aromatic carbocycles. The van der Waals surface area contributed by atoms with Crippen LogP contribution in [0.3, 0.4) is 0 Å². The van der Waals surface area contributed by atoms with Gasteiger partial charge in [-0.3, -0.25) is 4.99 Å². The summed E-state index contributed by atoms with van der Waals surface area (Å²) in [6, 6.07) is 10.5. The van der Waals surface area contributed by atoms with Gasteiger partial charge in [0, 0.05) is 25.0 Å². The minimum Gasteiger partial charge on any atom is -0.356 e. The Morgan fingerprint density at radius 1 is 1.09 bits per heavy atom. The highest BCUT2D eigenvalue weighted by Gasteiger charge is 2.01. The average molecular weight is 340 g/mol. The summed E-state index contributed by atoms with van der Waals surface area (Å²) >= 11 is 7.50. The van der Waals surface area contributed by atoms with Crippen LogP contribution in [-0.2, 0) is 12.8 Å². The Balaban J connectivity index is 1.67. The van der Waals surface area contributed by atoms with Crippen molar-refractivity contribution in [2.24, 2.45) is 4.99 Å². The van der Waals surface area contributed by atoms with Gasteiger partial charge in [0.05, 0.1) is 4.34 Å². The van der Waals surface area contributed by atoms with Crippen LogP contribution in [0.1, 0.15) is 10.4 Å². The van der Waals surface area contributed by atoms with Crippen LogP contribution in [0.4, 0.5) is 4.39 Å². The zero-order chi connectivity index (χ0) is 15.8. The van der Waals surface area contributed by atoms with E-state index in [9.17, 15) is 4.39 Å². The van der Waals surface area contributed by atoms with Gasteiger partial charge in [0.25, 0.3) is 0 Å². The summed E-state index contributed by atoms with van der Waals surface area (Å²) in [5.41, 5.74) is 1.09. The number of aliphatic imine (C=N–C) groups is 1. The number of halogens is 2. The van der Waals surface area contributed by atoms with Crippen molar-refractivity contribution < 1.29 is 4.39 Å². The van der Waals surface area contributed by atoms with Crippen molar-refractivity contribution in [1.82, 2.24) is 10.6 Å². The lowest BCUT2D eigenvalue weighted by molar-refractivity contribution is 0.626. The zero-order valence-corrected chi connectivity index (χ0v) is 14.0. The van der Waals surface area contributed by atoms with Crippen molar-refractivity contribution in [2.45, 2.75) is 12.8 Å². The maximum Gasteiger partial charge on any atom is 0.190 e. The highest BCUT2D eigenvalue weighted by Crippen LogP contribution is 2.21. The van der Waals surface area contributed by atoms with Crippen molar-refractivity contribution in [3.8, 4) is 0 Å². The predicted molar refractivity (Wildman–Crippen MR) is 92.5 cm³/mol. The van der Waals surface area contributed by atoms with E-state index in [0.29, 0.717) is 0 Å². The molecule has 0 bridgehead atoms. The third-order valence-electron chi connectivity index (χ3n) is 3.14. The lowest BCUT2D eigenvalue weighted by atomic mass is 10.1. The van der Waals surface area contributed by atoms with Gasteiger partial charge in [-0.15, -0.1) is 11.3 Å². The van der Waals surface area contributed by atoms with E-state index in [4.69, 9.17) is 11.6 Å². The fourth-order valence-corrected chi connectivity index (χ4v) is 3.07. The first-order chi connectivity index (χ1) is 10.7. The zero-order valence-electron chi connectivity index (χ0n) is 12.4. The molecule has 0 unspecified atom stereocenters. The molecule has 3 nitrogen and oxygen atoms in total. The molecule has 22 heavy (non-hydrogen) atoms. The standard InChI is InChI=1S/C16H19ClFN3S/c1-19-16(21-11-9-14-6-7-15(17)22-14)20-10-8-12-2-4-13(18)5-3-12/h2-7H,8-11H2,1H3,(H2,19,20,21). The summed E-state index contributed by atoms with van der Waals surface area (Å²) in [6.45, 7) is 1.54. The van der Waals surface area contributed by atoms with Crippen LogP contribution < -0.4 is 10.6 Å². The number of hydrogen-bond acceptors (Lipinski definition) is 2. The highest BCUT2D eigenvalue weighted by atomic mass is 35.5. The molecule has 2 rings (SSSR count). The first-order valence-electron chi connectivity index (χ1n) is 7.10. The van der Waals surface area contributed by atoms with Gasteiger partial charge in [-0.1, -0.05) is 23.7 Å². The first kappa shape index (κ1) is 16.8. The van der Waals surface area contributed by atoms with Gasteiger partial charge in [-0.05, 0) is 42.7 Å². The van der Waals surface area contributed by atoms with Gasteiger partial charge in [-0.2, -0.15) is 0 Å². The van der Waals surface area contributed by atoms with Crippen LogP contribution in [0, 0.1) is 5.82 Å². The number of hydrogen-bond donors (Lipinski definition) is 2. The van der Waals surface area contributed by atoms with Crippen LogP contribution in [0.15, 0.2) is 41.4 Å². The number of rotatable bonds is 6. The quantitative estimate of drug-likeness (QED) is 0.624. The first-order valence-corrected chi connectivity index (χ1v) is 8.30. The van der Waals surface area contributed by atoms with Crippen molar-refractivity contribution >= 4 is 28.9 Å². The Hall–Kier alpha value is -1.59. The molecule has 0 fully saturated rings. The van der Waals surface area contributed by atoms with Crippen LogP contribution in [0.2, 0.25) is 4.34 Å². The van der Waals surface area contributed by atoms with Crippen LogP contribution in [0.25, 0.3) is 0 Å². The molecule has 0 aliphatic rings. The van der Waals surface area contributed by atoms with E-state index in [0.717, 1.165) is 41.8 Å². The van der Waals surface area contributed by atoms with Crippen molar-refractivity contribution in [2.75, 3.05) is 20.1 Å². The molecule has 2 N–H and O–H groups in total. The SMILES string of the molecule is CN=C(NCCc1ccc(F)cc1)NCCc1ccc(Cl)s1. The summed E-state index contributed by atoms with van der Waals surface area (Å²) in [4.78, 5) is 5.43. The lowest BCUT2D eigenvalue weighted by Crippen LogP contribution is -2.39. The van der Waals surface area contributed by atoms with E-state index < -0.39 is 0 Å². The third-order valence-corrected chi connectivity index (χ3v) is 4.43. The molecule has 0 aliphatic carbocycles. The number of benzene rings is 1. The fraction of sp³-hybridized carbons (Fsp3) is 0.312. The topological polar surface area (TPSA) is 36.4 Å². The molecule has 118 valence electrons. The van der Waals surface area contributed by atoms with E-state index in [2.05, 4.69) is 15.6 Å². The van der Waals surface area contributed by atoms with Crippen molar-refractivity contribution in [3.05, 3.63) is 57.0 Å². The maximum absolute atomic E-state index is 12.8. The van der Waals surface area contributed by atoms with Crippen LogP contribution in [0.5, 0.6) is 0 Å². The summed E-state index contributed by atoms with van der Waals surface area (Å²) < 4.78 is 13.6. The monoisotopic (exact) mass is 339 g/mol. The number of nitrogens with one attached hydrogen (secondary N) is 2. The van der Waals surface area contributed by atoms with Crippen molar-refractivity contribution in [3.63, 3.8) is 0 Å². The molecule has 6 heteroatoms. The van der Waals surface area contributed by atoms with Crippen LogP contribution >= 0.6 is 22.9 Å². The van der Waals surface area contributed by atoms with Gasteiger partial charge < -0.3 is 10.6 Å². The fourth-order valence-electron chi connectivity index (χ4n) is 1.99. The second-order valence-electron chi connectivity index (χ2n) is 4.76. The van der Waals surface area contributed by atoms with Gasteiger partial charge in [0.2, 0.25) is 0 Å². The Labute approximate surface area is 139 Å². The Bertz CT molecular complexity index is 610. The number of nitrogens with zero attached hydrogens (tertiary/aromatic N) is 1. The normalized spacial score (nSPS) is 11.5. The molecule has 1 aromatic heterocycles. The second-order valence-corrected chi connectivity index (χ2v) is 6.56. The Kier molecular flexibility index (Phi) is 6.68. The van der Waals surface area contributed by atoms with E-state index in [1.54, 1.807) is 30.5 Å². The Morgan fingerprint density at radius 2 is 1.77 bits per heavy atom. The van der Waals surface area contributed by atoms with Gasteiger partial charge in [-0.25, -0.2) is 4.39 Å². The third kappa shape index (κ3) is 5.66. The minimum atomic E-state index is -0.206. The van der Waals surface area contributed by atoms with Gasteiger partial charge in [0.15, 0.2) is 5.96 Å². The average Bonchev–Trinajstić information content (AvgIpc) is 2.93. The Morgan fingerprint density at radius 3 is 2.36 bits per heavy atom. The van der Waals surface area contributed by atoms with Crippen molar-refractivity contribution in [1.29, 1.82) is 0 Å². The number of thiophene rings is 1. The largest absolute Gasteiger partial charge is 0.356 e. The summed E-state index contributed by atoms with van der Waals surface area (Å²) in [5.74, 6) is 0.563. The minimum absolute atomic E-state index is 0.206. The molecule has 1 heterocycles. The smallest absolute Gasteiger partial charge is 0.190 e. The molecule has 0 spiro atoms. The summed E-state index contributed by atoms with van der Waals surface area (Å²) in [7, 11) is 1.75. The summed E-state index contributed by atoms with van der Waals surface area (Å²) in [6.07, 6.45) is 1.73. The molecule has 0 saturated carbocycles. The predicted octanol–water partition coefficient (Wildman–Crippen LogP) is 3.49. The van der Waals surface area contributed by atoms with Gasteiger partial charge in [0.1, 0.15) is 5.82 Å². The molecular formula is C16H19ClFN3S. The van der Waals surface area contributed by atoms with Gasteiger partial charge >= 0.3 is 0 Å². The highest BCUT2D eigenvalue weighted by molar-refractivity contribution is 7.16. The maximum atomic E-state index is 12.8. The van der Waals surface area contributed by atoms with Crippen LogP contribution in [-0.4, -0.2) is 26.1 Å². The molecule has 0 radical (unpaired) electrons. The summed E-state index contributed by atoms with van der Waals surface area (Å²) in [5, 5.41) is 6.51. The number of guanidine groups is 1. The molecule has 2 aromatic rings. The molecule has 0 saturated heterocycles. The van der Waals surface area contributed by atoms with E-state index in [1.165, 1.54) is 17.0 Å². The van der Waals surface area contributed by atoms with E-state index in [-0.39, 0.29) is 5.82 Å².